The highest BCUT2D eigenvalue weighted by Gasteiger charge is 2.22. The minimum absolute atomic E-state index is 0.0135. The zero-order valence-corrected chi connectivity index (χ0v) is 12.2. The van der Waals surface area contributed by atoms with Crippen LogP contribution in [0.25, 0.3) is 0 Å². The molecule has 0 aliphatic rings. The third-order valence-electron chi connectivity index (χ3n) is 3.03. The van der Waals surface area contributed by atoms with Crippen LogP contribution in [-0.4, -0.2) is 16.7 Å². The summed E-state index contributed by atoms with van der Waals surface area (Å²) in [7, 11) is 0. The summed E-state index contributed by atoms with van der Waals surface area (Å²) in [6, 6.07) is 3.49. The van der Waals surface area contributed by atoms with E-state index in [-0.39, 0.29) is 11.3 Å². The molecule has 1 rings (SSSR count). The highest BCUT2D eigenvalue weighted by atomic mass is 19.1. The number of hydrogen-bond donors (Lipinski definition) is 1. The van der Waals surface area contributed by atoms with Crippen molar-refractivity contribution in [2.75, 3.05) is 0 Å². The van der Waals surface area contributed by atoms with Gasteiger partial charge in [0, 0.05) is 0 Å². The maximum absolute atomic E-state index is 13.8. The number of aromatic carboxylic acids is 1. The van der Waals surface area contributed by atoms with E-state index in [4.69, 9.17) is 9.84 Å². The summed E-state index contributed by atoms with van der Waals surface area (Å²) in [5, 5.41) is 8.95. The second kappa shape index (κ2) is 7.43. The van der Waals surface area contributed by atoms with E-state index in [1.165, 1.54) is 12.1 Å². The van der Waals surface area contributed by atoms with Crippen LogP contribution in [0.15, 0.2) is 55.2 Å². The molecule has 0 aromatic heterocycles. The summed E-state index contributed by atoms with van der Waals surface area (Å²) in [5.74, 6) is -1.78. The zero-order chi connectivity index (χ0) is 15.9. The first-order chi connectivity index (χ1) is 9.91. The van der Waals surface area contributed by atoms with E-state index in [0.29, 0.717) is 6.42 Å². The molecule has 0 aliphatic carbocycles. The molecular formula is C17H19FO3. The van der Waals surface area contributed by atoms with Crippen molar-refractivity contribution in [3.05, 3.63) is 66.5 Å². The molecule has 0 amide bonds. The van der Waals surface area contributed by atoms with Crippen molar-refractivity contribution in [1.29, 1.82) is 0 Å². The Morgan fingerprint density at radius 2 is 2.14 bits per heavy atom. The summed E-state index contributed by atoms with van der Waals surface area (Å²) in [6.07, 6.45) is 9.36. The summed E-state index contributed by atoms with van der Waals surface area (Å²) in [5.41, 5.74) is -0.746. The second-order valence-corrected chi connectivity index (χ2v) is 4.70. The Balaban J connectivity index is 3.02. The van der Waals surface area contributed by atoms with Crippen LogP contribution in [0.4, 0.5) is 4.39 Å². The van der Waals surface area contributed by atoms with Crippen molar-refractivity contribution >= 4 is 5.97 Å². The van der Waals surface area contributed by atoms with Crippen LogP contribution in [0.5, 0.6) is 5.75 Å². The monoisotopic (exact) mass is 290 g/mol. The molecule has 0 aliphatic heterocycles. The van der Waals surface area contributed by atoms with Gasteiger partial charge in [0.15, 0.2) is 11.6 Å². The van der Waals surface area contributed by atoms with Gasteiger partial charge < -0.3 is 9.84 Å². The van der Waals surface area contributed by atoms with E-state index in [1.54, 1.807) is 37.3 Å². The third-order valence-corrected chi connectivity index (χ3v) is 3.03. The fraction of sp³-hybridized carbons (Fsp3) is 0.235. The zero-order valence-electron chi connectivity index (χ0n) is 12.2. The molecule has 0 heterocycles. The quantitative estimate of drug-likeness (QED) is 0.758. The maximum atomic E-state index is 13.8. The van der Waals surface area contributed by atoms with Gasteiger partial charge in [0.25, 0.3) is 0 Å². The highest BCUT2D eigenvalue weighted by Crippen LogP contribution is 2.26. The maximum Gasteiger partial charge on any atom is 0.335 e. The van der Waals surface area contributed by atoms with Gasteiger partial charge in [-0.05, 0) is 37.6 Å². The molecule has 112 valence electrons. The Hall–Kier alpha value is -2.36. The first kappa shape index (κ1) is 16.7. The molecule has 21 heavy (non-hydrogen) atoms. The fourth-order valence-electron chi connectivity index (χ4n) is 1.59. The lowest BCUT2D eigenvalue weighted by atomic mass is 10.0. The first-order valence-corrected chi connectivity index (χ1v) is 6.60. The van der Waals surface area contributed by atoms with Crippen LogP contribution < -0.4 is 4.74 Å². The van der Waals surface area contributed by atoms with Crippen LogP contribution >= 0.6 is 0 Å². The molecule has 4 heteroatoms. The lowest BCUT2D eigenvalue weighted by molar-refractivity contribution is 0.0694. The van der Waals surface area contributed by atoms with Gasteiger partial charge in [-0.25, -0.2) is 9.18 Å². The Morgan fingerprint density at radius 3 is 2.71 bits per heavy atom. The molecule has 1 unspecified atom stereocenters. The average Bonchev–Trinajstić information content (AvgIpc) is 2.46. The van der Waals surface area contributed by atoms with Crippen LogP contribution in [0.1, 0.15) is 30.6 Å². The van der Waals surface area contributed by atoms with Crippen LogP contribution in [0.2, 0.25) is 0 Å². The summed E-state index contributed by atoms with van der Waals surface area (Å²) < 4.78 is 19.4. The van der Waals surface area contributed by atoms with Crippen LogP contribution in [-0.2, 0) is 0 Å². The number of benzene rings is 1. The summed E-state index contributed by atoms with van der Waals surface area (Å²) >= 11 is 0. The lowest BCUT2D eigenvalue weighted by Gasteiger charge is -2.26. The standard InChI is InChI=1S/C17H19FO3/c1-4-6-7-8-11-17(3,5-2)21-15-12-13(16(19)20)9-10-14(15)18/h4,6-12H,1,5H2,2-3H3,(H,19,20)/b7-6-,11-8+. The number of ether oxygens (including phenoxy) is 1. The predicted octanol–water partition coefficient (Wildman–Crippen LogP) is 4.37. The molecule has 0 saturated heterocycles. The Morgan fingerprint density at radius 1 is 1.43 bits per heavy atom. The van der Waals surface area contributed by atoms with Crippen LogP contribution in [0.3, 0.4) is 0 Å². The van der Waals surface area contributed by atoms with E-state index >= 15 is 0 Å². The molecule has 1 aromatic carbocycles. The van der Waals surface area contributed by atoms with E-state index < -0.39 is 17.4 Å². The minimum atomic E-state index is -1.12. The average molecular weight is 290 g/mol. The van der Waals surface area contributed by atoms with Crippen molar-refractivity contribution in [1.82, 2.24) is 0 Å². The van der Waals surface area contributed by atoms with Gasteiger partial charge >= 0.3 is 5.97 Å². The minimum Gasteiger partial charge on any atom is -0.480 e. The molecular weight excluding hydrogens is 271 g/mol. The second-order valence-electron chi connectivity index (χ2n) is 4.70. The van der Waals surface area contributed by atoms with Crippen molar-refractivity contribution in [2.45, 2.75) is 25.9 Å². The molecule has 1 N–H and O–H groups in total. The topological polar surface area (TPSA) is 46.5 Å². The van der Waals surface area contributed by atoms with Crippen molar-refractivity contribution in [3.63, 3.8) is 0 Å². The van der Waals surface area contributed by atoms with E-state index in [2.05, 4.69) is 6.58 Å². The Bertz CT molecular complexity index is 575. The number of hydrogen-bond acceptors (Lipinski definition) is 2. The molecule has 0 radical (unpaired) electrons. The first-order valence-electron chi connectivity index (χ1n) is 6.60. The van der Waals surface area contributed by atoms with Crippen molar-refractivity contribution in [3.8, 4) is 5.75 Å². The van der Waals surface area contributed by atoms with Crippen LogP contribution in [0, 0.1) is 5.82 Å². The van der Waals surface area contributed by atoms with Crippen molar-refractivity contribution in [2.24, 2.45) is 0 Å². The SMILES string of the molecule is C=C/C=C\C=C\C(C)(CC)Oc1cc(C(=O)O)ccc1F. The molecule has 1 atom stereocenters. The normalized spacial score (nSPS) is 14.2. The van der Waals surface area contributed by atoms with Gasteiger partial charge in [-0.1, -0.05) is 37.8 Å². The van der Waals surface area contributed by atoms with E-state index in [1.807, 2.05) is 6.92 Å². The number of carboxylic acid groups (broad SMARTS) is 1. The van der Waals surface area contributed by atoms with Gasteiger partial charge in [0.2, 0.25) is 0 Å². The number of carboxylic acids is 1. The Kier molecular flexibility index (Phi) is 5.91. The van der Waals surface area contributed by atoms with Gasteiger partial charge in [-0.3, -0.25) is 0 Å². The molecule has 0 fully saturated rings. The molecule has 0 saturated carbocycles. The number of carbonyl (C=O) groups is 1. The summed E-state index contributed by atoms with van der Waals surface area (Å²) in [4.78, 5) is 10.9. The van der Waals surface area contributed by atoms with Gasteiger partial charge in [0.1, 0.15) is 5.60 Å². The number of rotatable bonds is 7. The fourth-order valence-corrected chi connectivity index (χ4v) is 1.59. The molecule has 3 nitrogen and oxygen atoms in total. The van der Waals surface area contributed by atoms with Gasteiger partial charge in [-0.15, -0.1) is 0 Å². The largest absolute Gasteiger partial charge is 0.480 e. The molecule has 0 bridgehead atoms. The Labute approximate surface area is 124 Å². The van der Waals surface area contributed by atoms with E-state index in [0.717, 1.165) is 6.07 Å². The van der Waals surface area contributed by atoms with Gasteiger partial charge in [0.05, 0.1) is 5.56 Å². The van der Waals surface area contributed by atoms with Gasteiger partial charge in [-0.2, -0.15) is 0 Å². The smallest absolute Gasteiger partial charge is 0.335 e. The summed E-state index contributed by atoms with van der Waals surface area (Å²) in [6.45, 7) is 7.27. The third kappa shape index (κ3) is 4.91. The predicted molar refractivity (Wildman–Crippen MR) is 81.2 cm³/mol. The molecule has 1 aromatic rings. The van der Waals surface area contributed by atoms with E-state index in [9.17, 15) is 9.18 Å². The highest BCUT2D eigenvalue weighted by molar-refractivity contribution is 5.88. The number of halogens is 1. The lowest BCUT2D eigenvalue weighted by Crippen LogP contribution is -2.29. The number of allylic oxidation sites excluding steroid dienone is 4. The van der Waals surface area contributed by atoms with Crippen molar-refractivity contribution < 1.29 is 19.0 Å². The molecule has 0 spiro atoms.